The Hall–Kier alpha value is -1.26. The molecule has 0 spiro atoms. The van der Waals surface area contributed by atoms with Crippen molar-refractivity contribution >= 4 is 12.0 Å². The van der Waals surface area contributed by atoms with Crippen LogP contribution in [0.2, 0.25) is 0 Å². The van der Waals surface area contributed by atoms with E-state index in [9.17, 15) is 9.59 Å². The van der Waals surface area contributed by atoms with E-state index in [1.165, 1.54) is 0 Å². The zero-order valence-corrected chi connectivity index (χ0v) is 9.82. The third-order valence-electron chi connectivity index (χ3n) is 2.91. The minimum Gasteiger partial charge on any atom is -0.480 e. The van der Waals surface area contributed by atoms with E-state index in [-0.39, 0.29) is 12.1 Å². The predicted octanol–water partition coefficient (Wildman–Crippen LogP) is 1.34. The molecule has 1 saturated carbocycles. The van der Waals surface area contributed by atoms with Gasteiger partial charge in [0.2, 0.25) is 0 Å². The van der Waals surface area contributed by atoms with Crippen LogP contribution in [0.15, 0.2) is 0 Å². The van der Waals surface area contributed by atoms with Crippen LogP contribution >= 0.6 is 0 Å². The molecule has 1 fully saturated rings. The van der Waals surface area contributed by atoms with Crippen LogP contribution in [0.25, 0.3) is 0 Å². The van der Waals surface area contributed by atoms with Gasteiger partial charge in [0.05, 0.1) is 0 Å². The number of carbonyl (C=O) groups excluding carboxylic acids is 1. The van der Waals surface area contributed by atoms with E-state index < -0.39 is 12.0 Å². The highest BCUT2D eigenvalue weighted by Gasteiger charge is 2.37. The van der Waals surface area contributed by atoms with Gasteiger partial charge in [0.1, 0.15) is 6.04 Å². The van der Waals surface area contributed by atoms with Gasteiger partial charge in [-0.3, -0.25) is 0 Å². The van der Waals surface area contributed by atoms with Crippen LogP contribution in [0.1, 0.15) is 39.5 Å². The van der Waals surface area contributed by atoms with E-state index >= 15 is 0 Å². The SMILES string of the molecule is CCCC1CC1NC(=O)NC(CC)C(=O)O. The standard InChI is InChI=1S/C11H20N2O3/c1-3-5-7-6-9(7)13-11(16)12-8(4-2)10(14)15/h7-9H,3-6H2,1-2H3,(H,14,15)(H2,12,13,16). The molecule has 3 atom stereocenters. The monoisotopic (exact) mass is 228 g/mol. The summed E-state index contributed by atoms with van der Waals surface area (Å²) in [6, 6.07) is -0.910. The zero-order valence-electron chi connectivity index (χ0n) is 9.82. The van der Waals surface area contributed by atoms with Crippen molar-refractivity contribution in [2.24, 2.45) is 5.92 Å². The van der Waals surface area contributed by atoms with Crippen LogP contribution < -0.4 is 10.6 Å². The van der Waals surface area contributed by atoms with Crippen LogP contribution in [-0.2, 0) is 4.79 Å². The highest BCUT2D eigenvalue weighted by molar-refractivity contribution is 5.82. The molecule has 3 N–H and O–H groups in total. The number of amides is 2. The van der Waals surface area contributed by atoms with E-state index in [4.69, 9.17) is 5.11 Å². The van der Waals surface area contributed by atoms with Crippen molar-refractivity contribution in [1.82, 2.24) is 10.6 Å². The number of rotatable bonds is 6. The molecular weight excluding hydrogens is 208 g/mol. The second kappa shape index (κ2) is 5.72. The van der Waals surface area contributed by atoms with E-state index in [1.807, 2.05) is 0 Å². The van der Waals surface area contributed by atoms with Gasteiger partial charge < -0.3 is 15.7 Å². The minimum atomic E-state index is -0.987. The molecular formula is C11H20N2O3. The lowest BCUT2D eigenvalue weighted by Crippen LogP contribution is -2.46. The smallest absolute Gasteiger partial charge is 0.326 e. The van der Waals surface area contributed by atoms with Gasteiger partial charge in [-0.15, -0.1) is 0 Å². The fraction of sp³-hybridized carbons (Fsp3) is 0.818. The van der Waals surface area contributed by atoms with Crippen molar-refractivity contribution in [2.75, 3.05) is 0 Å². The second-order valence-electron chi connectivity index (χ2n) is 4.31. The summed E-state index contributed by atoms with van der Waals surface area (Å²) >= 11 is 0. The van der Waals surface area contributed by atoms with E-state index in [2.05, 4.69) is 17.6 Å². The molecule has 1 aliphatic carbocycles. The number of nitrogens with one attached hydrogen (secondary N) is 2. The Morgan fingerprint density at radius 1 is 1.44 bits per heavy atom. The molecule has 0 aromatic carbocycles. The van der Waals surface area contributed by atoms with E-state index in [0.717, 1.165) is 19.3 Å². The van der Waals surface area contributed by atoms with Crippen LogP contribution in [0, 0.1) is 5.92 Å². The fourth-order valence-corrected chi connectivity index (χ4v) is 1.82. The number of hydrogen-bond acceptors (Lipinski definition) is 2. The molecule has 0 aromatic rings. The van der Waals surface area contributed by atoms with Gasteiger partial charge in [-0.25, -0.2) is 9.59 Å². The number of hydrogen-bond donors (Lipinski definition) is 3. The first-order valence-electron chi connectivity index (χ1n) is 5.88. The van der Waals surface area contributed by atoms with Crippen LogP contribution in [0.4, 0.5) is 4.79 Å². The lowest BCUT2D eigenvalue weighted by Gasteiger charge is -2.13. The Kier molecular flexibility index (Phi) is 4.58. The molecule has 16 heavy (non-hydrogen) atoms. The van der Waals surface area contributed by atoms with Gasteiger partial charge in [0.25, 0.3) is 0 Å². The van der Waals surface area contributed by atoms with Gasteiger partial charge in [-0.05, 0) is 25.2 Å². The number of urea groups is 1. The normalized spacial score (nSPS) is 24.6. The van der Waals surface area contributed by atoms with Crippen molar-refractivity contribution < 1.29 is 14.7 Å². The first kappa shape index (κ1) is 12.8. The van der Waals surface area contributed by atoms with Crippen LogP contribution in [-0.4, -0.2) is 29.2 Å². The molecule has 0 aliphatic heterocycles. The van der Waals surface area contributed by atoms with Crippen molar-refractivity contribution in [3.63, 3.8) is 0 Å². The Balaban J connectivity index is 2.24. The molecule has 92 valence electrons. The van der Waals surface area contributed by atoms with Crippen LogP contribution in [0.3, 0.4) is 0 Å². The topological polar surface area (TPSA) is 78.4 Å². The number of aliphatic carboxylic acids is 1. The van der Waals surface area contributed by atoms with Crippen molar-refractivity contribution in [1.29, 1.82) is 0 Å². The highest BCUT2D eigenvalue weighted by atomic mass is 16.4. The molecule has 5 heteroatoms. The summed E-state index contributed by atoms with van der Waals surface area (Å²) in [6.07, 6.45) is 3.66. The average molecular weight is 228 g/mol. The Labute approximate surface area is 95.6 Å². The minimum absolute atomic E-state index is 0.242. The molecule has 5 nitrogen and oxygen atoms in total. The summed E-state index contributed by atoms with van der Waals surface area (Å²) in [4.78, 5) is 22.1. The molecule has 1 rings (SSSR count). The Bertz CT molecular complexity index is 268. The molecule has 0 radical (unpaired) electrons. The molecule has 0 saturated heterocycles. The largest absolute Gasteiger partial charge is 0.480 e. The molecule has 1 aliphatic rings. The Morgan fingerprint density at radius 2 is 2.12 bits per heavy atom. The summed E-state index contributed by atoms with van der Waals surface area (Å²) in [5.41, 5.74) is 0. The predicted molar refractivity (Wildman–Crippen MR) is 60.2 cm³/mol. The molecule has 3 unspecified atom stereocenters. The molecule has 2 amide bonds. The van der Waals surface area contributed by atoms with Gasteiger partial charge >= 0.3 is 12.0 Å². The van der Waals surface area contributed by atoms with Gasteiger partial charge in [-0.2, -0.15) is 0 Å². The van der Waals surface area contributed by atoms with Gasteiger partial charge in [0.15, 0.2) is 0 Å². The molecule has 0 bridgehead atoms. The summed E-state index contributed by atoms with van der Waals surface area (Å²) < 4.78 is 0. The lowest BCUT2D eigenvalue weighted by molar-refractivity contribution is -0.139. The number of carbonyl (C=O) groups is 2. The maximum Gasteiger partial charge on any atom is 0.326 e. The third kappa shape index (κ3) is 3.72. The van der Waals surface area contributed by atoms with Crippen molar-refractivity contribution in [2.45, 2.75) is 51.6 Å². The third-order valence-corrected chi connectivity index (χ3v) is 2.91. The first-order valence-corrected chi connectivity index (χ1v) is 5.88. The molecule has 0 aromatic heterocycles. The summed E-state index contributed by atoms with van der Waals surface area (Å²) in [7, 11) is 0. The molecule has 0 heterocycles. The second-order valence-corrected chi connectivity index (χ2v) is 4.31. The maximum atomic E-state index is 11.4. The van der Waals surface area contributed by atoms with Crippen LogP contribution in [0.5, 0.6) is 0 Å². The van der Waals surface area contributed by atoms with Gasteiger partial charge in [-0.1, -0.05) is 20.3 Å². The lowest BCUT2D eigenvalue weighted by atomic mass is 10.2. The summed E-state index contributed by atoms with van der Waals surface area (Å²) in [6.45, 7) is 3.85. The quantitative estimate of drug-likeness (QED) is 0.642. The maximum absolute atomic E-state index is 11.4. The number of carboxylic acids is 1. The first-order chi connectivity index (χ1) is 7.58. The van der Waals surface area contributed by atoms with E-state index in [0.29, 0.717) is 12.3 Å². The summed E-state index contributed by atoms with van der Waals surface area (Å²) in [5, 5.41) is 14.0. The Morgan fingerprint density at radius 3 is 2.62 bits per heavy atom. The van der Waals surface area contributed by atoms with Crippen molar-refractivity contribution in [3.8, 4) is 0 Å². The average Bonchev–Trinajstić information content (AvgIpc) is 2.93. The van der Waals surface area contributed by atoms with E-state index in [1.54, 1.807) is 6.92 Å². The van der Waals surface area contributed by atoms with Gasteiger partial charge in [0, 0.05) is 6.04 Å². The summed E-state index contributed by atoms with van der Waals surface area (Å²) in [5.74, 6) is -0.404. The van der Waals surface area contributed by atoms with Crippen molar-refractivity contribution in [3.05, 3.63) is 0 Å². The highest BCUT2D eigenvalue weighted by Crippen LogP contribution is 2.34. The fourth-order valence-electron chi connectivity index (χ4n) is 1.82. The number of carboxylic acid groups (broad SMARTS) is 1. The zero-order chi connectivity index (χ0) is 12.1.